The lowest BCUT2D eigenvalue weighted by atomic mass is 10.1. The molecule has 0 aromatic carbocycles. The van der Waals surface area contributed by atoms with E-state index in [1.807, 2.05) is 11.8 Å². The van der Waals surface area contributed by atoms with Gasteiger partial charge in [0.15, 0.2) is 0 Å². The van der Waals surface area contributed by atoms with Crippen molar-refractivity contribution in [3.8, 4) is 0 Å². The number of thioether (sulfide) groups is 1. The molecule has 0 amide bonds. The van der Waals surface area contributed by atoms with E-state index in [9.17, 15) is 4.79 Å². The second-order valence-corrected chi connectivity index (χ2v) is 4.99. The fourth-order valence-electron chi connectivity index (χ4n) is 1.79. The Morgan fingerprint density at radius 3 is 2.92 bits per heavy atom. The third-order valence-electron chi connectivity index (χ3n) is 2.60. The Morgan fingerprint density at radius 2 is 2.31 bits per heavy atom. The molecule has 0 aromatic heterocycles. The van der Waals surface area contributed by atoms with Crippen molar-refractivity contribution in [3.63, 3.8) is 0 Å². The zero-order chi connectivity index (χ0) is 9.68. The molecule has 0 aliphatic heterocycles. The summed E-state index contributed by atoms with van der Waals surface area (Å²) in [4.78, 5) is 10.8. The average molecular weight is 202 g/mol. The molecule has 1 saturated carbocycles. The van der Waals surface area contributed by atoms with E-state index in [1.54, 1.807) is 0 Å². The lowest BCUT2D eigenvalue weighted by molar-refractivity contribution is -0.141. The fourth-order valence-corrected chi connectivity index (χ4v) is 3.36. The number of carboxylic acids is 1. The molecule has 1 aliphatic rings. The molecule has 1 fully saturated rings. The van der Waals surface area contributed by atoms with Gasteiger partial charge in [-0.2, -0.15) is 11.8 Å². The van der Waals surface area contributed by atoms with Crippen molar-refractivity contribution in [1.82, 2.24) is 0 Å². The number of rotatable bonds is 5. The third-order valence-corrected chi connectivity index (χ3v) is 4.12. The molecule has 0 radical (unpaired) electrons. The quantitative estimate of drug-likeness (QED) is 0.696. The van der Waals surface area contributed by atoms with Gasteiger partial charge in [-0.15, -0.1) is 0 Å². The van der Waals surface area contributed by atoms with Gasteiger partial charge < -0.3 is 5.11 Å². The molecular formula is C10H18O2S. The Morgan fingerprint density at radius 1 is 1.54 bits per heavy atom. The summed E-state index contributed by atoms with van der Waals surface area (Å²) in [5, 5.41) is 9.32. The molecular weight excluding hydrogens is 184 g/mol. The Labute approximate surface area is 84.1 Å². The SMILES string of the molecule is CCCCSC1CCCC1C(=O)O. The number of carboxylic acid groups (broad SMARTS) is 1. The van der Waals surface area contributed by atoms with Crippen LogP contribution in [-0.2, 0) is 4.79 Å². The maximum absolute atomic E-state index is 10.8. The van der Waals surface area contributed by atoms with Crippen LogP contribution in [0.1, 0.15) is 39.0 Å². The number of hydrogen-bond donors (Lipinski definition) is 1. The first-order chi connectivity index (χ1) is 6.25. The molecule has 1 aliphatic carbocycles. The van der Waals surface area contributed by atoms with E-state index in [0.717, 1.165) is 25.0 Å². The van der Waals surface area contributed by atoms with Crippen LogP contribution >= 0.6 is 11.8 Å². The number of unbranched alkanes of at least 4 members (excludes halogenated alkanes) is 1. The first-order valence-corrected chi connectivity index (χ1v) is 6.15. The summed E-state index contributed by atoms with van der Waals surface area (Å²) in [6.07, 6.45) is 5.51. The maximum Gasteiger partial charge on any atom is 0.307 e. The van der Waals surface area contributed by atoms with Gasteiger partial charge in [0.2, 0.25) is 0 Å². The van der Waals surface area contributed by atoms with Gasteiger partial charge >= 0.3 is 5.97 Å². The topological polar surface area (TPSA) is 37.3 Å². The normalized spacial score (nSPS) is 27.8. The molecule has 0 heterocycles. The lowest BCUT2D eigenvalue weighted by Crippen LogP contribution is -2.20. The first kappa shape index (κ1) is 10.9. The average Bonchev–Trinajstić information content (AvgIpc) is 2.53. The van der Waals surface area contributed by atoms with Crippen molar-refractivity contribution in [2.75, 3.05) is 5.75 Å². The van der Waals surface area contributed by atoms with E-state index in [1.165, 1.54) is 12.8 Å². The zero-order valence-electron chi connectivity index (χ0n) is 8.16. The van der Waals surface area contributed by atoms with Crippen LogP contribution in [0.5, 0.6) is 0 Å². The van der Waals surface area contributed by atoms with E-state index in [0.29, 0.717) is 5.25 Å². The fraction of sp³-hybridized carbons (Fsp3) is 0.900. The smallest absolute Gasteiger partial charge is 0.307 e. The van der Waals surface area contributed by atoms with Crippen molar-refractivity contribution in [1.29, 1.82) is 0 Å². The molecule has 2 unspecified atom stereocenters. The van der Waals surface area contributed by atoms with Gasteiger partial charge in [-0.05, 0) is 25.0 Å². The number of hydrogen-bond acceptors (Lipinski definition) is 2. The number of aliphatic carboxylic acids is 1. The summed E-state index contributed by atoms with van der Waals surface area (Å²) in [5.74, 6) is 0.471. The van der Waals surface area contributed by atoms with Gasteiger partial charge in [0.05, 0.1) is 5.92 Å². The highest BCUT2D eigenvalue weighted by Crippen LogP contribution is 2.35. The second kappa shape index (κ2) is 5.53. The van der Waals surface area contributed by atoms with Gasteiger partial charge in [0, 0.05) is 5.25 Å². The van der Waals surface area contributed by atoms with Gasteiger partial charge in [-0.25, -0.2) is 0 Å². The minimum absolute atomic E-state index is 0.0677. The summed E-state index contributed by atoms with van der Waals surface area (Å²) >= 11 is 1.86. The van der Waals surface area contributed by atoms with Crippen molar-refractivity contribution in [2.24, 2.45) is 5.92 Å². The van der Waals surface area contributed by atoms with Gasteiger partial charge in [0.1, 0.15) is 0 Å². The first-order valence-electron chi connectivity index (χ1n) is 5.10. The summed E-state index contributed by atoms with van der Waals surface area (Å²) in [7, 11) is 0. The zero-order valence-corrected chi connectivity index (χ0v) is 8.98. The minimum Gasteiger partial charge on any atom is -0.481 e. The molecule has 0 spiro atoms. The molecule has 3 heteroatoms. The van der Waals surface area contributed by atoms with Crippen LogP contribution in [0, 0.1) is 5.92 Å². The van der Waals surface area contributed by atoms with Crippen molar-refractivity contribution in [3.05, 3.63) is 0 Å². The lowest BCUT2D eigenvalue weighted by Gasteiger charge is -2.14. The van der Waals surface area contributed by atoms with Crippen molar-refractivity contribution >= 4 is 17.7 Å². The van der Waals surface area contributed by atoms with E-state index in [-0.39, 0.29) is 5.92 Å². The summed E-state index contributed by atoms with van der Waals surface area (Å²) in [6, 6.07) is 0. The van der Waals surface area contributed by atoms with E-state index in [4.69, 9.17) is 5.11 Å². The standard InChI is InChI=1S/C10H18O2S/c1-2-3-7-13-9-6-4-5-8(9)10(11)12/h8-9H,2-7H2,1H3,(H,11,12). The van der Waals surface area contributed by atoms with E-state index < -0.39 is 5.97 Å². The maximum atomic E-state index is 10.8. The van der Waals surface area contributed by atoms with Crippen molar-refractivity contribution in [2.45, 2.75) is 44.3 Å². The number of carbonyl (C=O) groups is 1. The highest BCUT2D eigenvalue weighted by atomic mass is 32.2. The van der Waals surface area contributed by atoms with E-state index >= 15 is 0 Å². The molecule has 2 nitrogen and oxygen atoms in total. The van der Waals surface area contributed by atoms with Crippen molar-refractivity contribution < 1.29 is 9.90 Å². The van der Waals surface area contributed by atoms with Crippen LogP contribution < -0.4 is 0 Å². The third kappa shape index (κ3) is 3.22. The monoisotopic (exact) mass is 202 g/mol. The Balaban J connectivity index is 2.27. The Hall–Kier alpha value is -0.180. The van der Waals surface area contributed by atoms with Gasteiger partial charge in [-0.1, -0.05) is 19.8 Å². The molecule has 0 saturated heterocycles. The Bertz CT molecular complexity index is 170. The molecule has 1 rings (SSSR count). The van der Waals surface area contributed by atoms with Gasteiger partial charge in [-0.3, -0.25) is 4.79 Å². The molecule has 0 bridgehead atoms. The summed E-state index contributed by atoms with van der Waals surface area (Å²) in [5.41, 5.74) is 0. The van der Waals surface area contributed by atoms with Crippen LogP contribution in [0.25, 0.3) is 0 Å². The van der Waals surface area contributed by atoms with E-state index in [2.05, 4.69) is 6.92 Å². The summed E-state index contributed by atoms with van der Waals surface area (Å²) in [6.45, 7) is 2.17. The molecule has 1 N–H and O–H groups in total. The van der Waals surface area contributed by atoms with Gasteiger partial charge in [0.25, 0.3) is 0 Å². The Kier molecular flexibility index (Phi) is 4.64. The van der Waals surface area contributed by atoms with Crippen LogP contribution in [0.2, 0.25) is 0 Å². The highest BCUT2D eigenvalue weighted by Gasteiger charge is 2.32. The minimum atomic E-state index is -0.591. The largest absolute Gasteiger partial charge is 0.481 e. The predicted molar refractivity (Wildman–Crippen MR) is 56.1 cm³/mol. The predicted octanol–water partition coefficient (Wildman–Crippen LogP) is 2.77. The molecule has 0 aromatic rings. The van der Waals surface area contributed by atoms with Crippen LogP contribution in [0.4, 0.5) is 0 Å². The van der Waals surface area contributed by atoms with Crippen LogP contribution in [0.15, 0.2) is 0 Å². The van der Waals surface area contributed by atoms with Crippen LogP contribution in [-0.4, -0.2) is 22.1 Å². The van der Waals surface area contributed by atoms with Crippen LogP contribution in [0.3, 0.4) is 0 Å². The molecule has 2 atom stereocenters. The second-order valence-electron chi connectivity index (χ2n) is 3.64. The molecule has 76 valence electrons. The highest BCUT2D eigenvalue weighted by molar-refractivity contribution is 7.99. The summed E-state index contributed by atoms with van der Waals surface area (Å²) < 4.78 is 0. The molecule has 13 heavy (non-hydrogen) atoms.